The summed E-state index contributed by atoms with van der Waals surface area (Å²) in [6.07, 6.45) is 3.16. The fraction of sp³-hybridized carbons (Fsp3) is 0.375. The molecule has 0 aliphatic heterocycles. The van der Waals surface area contributed by atoms with Gasteiger partial charge in [-0.1, -0.05) is 23.7 Å². The number of hydrogen-bond donors (Lipinski definition) is 2. The number of nitrogens with zero attached hydrogens (tertiary/aromatic N) is 2. The Kier molecular flexibility index (Phi) is 7.58. The summed E-state index contributed by atoms with van der Waals surface area (Å²) in [5, 5.41) is 7.41. The van der Waals surface area contributed by atoms with Gasteiger partial charge in [-0.2, -0.15) is 5.10 Å². The molecular formula is C16H21ClN4O4S. The summed E-state index contributed by atoms with van der Waals surface area (Å²) < 4.78 is 32.3. The normalized spacial score (nSPS) is 11.5. The maximum atomic E-state index is 11.9. The third kappa shape index (κ3) is 7.12. The molecule has 142 valence electrons. The monoisotopic (exact) mass is 400 g/mol. The molecule has 1 aromatic carbocycles. The largest absolute Gasteiger partial charge is 0.381 e. The van der Waals surface area contributed by atoms with E-state index in [0.717, 1.165) is 5.56 Å². The summed E-state index contributed by atoms with van der Waals surface area (Å²) in [6.45, 7) is 2.48. The third-order valence-corrected chi connectivity index (χ3v) is 4.87. The lowest BCUT2D eigenvalue weighted by molar-refractivity contribution is -0.115. The second kappa shape index (κ2) is 9.67. The zero-order valence-corrected chi connectivity index (χ0v) is 15.9. The van der Waals surface area contributed by atoms with Crippen molar-refractivity contribution in [2.75, 3.05) is 30.8 Å². The predicted octanol–water partition coefficient (Wildman–Crippen LogP) is 1.48. The highest BCUT2D eigenvalue weighted by Gasteiger charge is 2.13. The topological polar surface area (TPSA) is 102 Å². The van der Waals surface area contributed by atoms with Crippen molar-refractivity contribution < 1.29 is 17.9 Å². The lowest BCUT2D eigenvalue weighted by Crippen LogP contribution is -2.35. The minimum atomic E-state index is -3.55. The van der Waals surface area contributed by atoms with Gasteiger partial charge in [-0.15, -0.1) is 0 Å². The first-order chi connectivity index (χ1) is 12.4. The number of hydrogen-bond acceptors (Lipinski definition) is 5. The van der Waals surface area contributed by atoms with E-state index in [1.165, 1.54) is 6.20 Å². The summed E-state index contributed by atoms with van der Waals surface area (Å²) in [4.78, 5) is 11.9. The van der Waals surface area contributed by atoms with Crippen LogP contribution in [0, 0.1) is 0 Å². The molecule has 2 aromatic rings. The van der Waals surface area contributed by atoms with Gasteiger partial charge in [0.2, 0.25) is 15.9 Å². The van der Waals surface area contributed by atoms with Crippen molar-refractivity contribution in [1.82, 2.24) is 14.5 Å². The van der Waals surface area contributed by atoms with Crippen molar-refractivity contribution in [3.8, 4) is 0 Å². The summed E-state index contributed by atoms with van der Waals surface area (Å²) in [5.74, 6) is -0.663. The smallest absolute Gasteiger partial charge is 0.239 e. The molecule has 2 rings (SSSR count). The zero-order valence-electron chi connectivity index (χ0n) is 14.3. The van der Waals surface area contributed by atoms with Crippen molar-refractivity contribution in [2.45, 2.75) is 13.5 Å². The van der Waals surface area contributed by atoms with Crippen LogP contribution in [0.1, 0.15) is 12.5 Å². The molecule has 26 heavy (non-hydrogen) atoms. The summed E-state index contributed by atoms with van der Waals surface area (Å²) in [7, 11) is -3.55. The molecule has 0 saturated carbocycles. The van der Waals surface area contributed by atoms with Crippen LogP contribution in [0.3, 0.4) is 0 Å². The number of anilines is 1. The van der Waals surface area contributed by atoms with E-state index in [9.17, 15) is 13.2 Å². The average Bonchev–Trinajstić information content (AvgIpc) is 3.02. The maximum Gasteiger partial charge on any atom is 0.239 e. The Morgan fingerprint density at radius 1 is 1.31 bits per heavy atom. The Morgan fingerprint density at radius 3 is 2.73 bits per heavy atom. The number of aromatic nitrogens is 2. The summed E-state index contributed by atoms with van der Waals surface area (Å²) >= 11 is 5.85. The van der Waals surface area contributed by atoms with Crippen molar-refractivity contribution in [2.24, 2.45) is 0 Å². The molecule has 0 aliphatic rings. The van der Waals surface area contributed by atoms with Gasteiger partial charge in [0.05, 0.1) is 37.3 Å². The summed E-state index contributed by atoms with van der Waals surface area (Å²) in [6, 6.07) is 7.36. The molecule has 0 atom stereocenters. The molecule has 0 bridgehead atoms. The van der Waals surface area contributed by atoms with Crippen LogP contribution in [0.25, 0.3) is 0 Å². The lowest BCUT2D eigenvalue weighted by atomic mass is 10.2. The van der Waals surface area contributed by atoms with Crippen molar-refractivity contribution in [3.63, 3.8) is 0 Å². The maximum absolute atomic E-state index is 11.9. The Morgan fingerprint density at radius 2 is 2.04 bits per heavy atom. The van der Waals surface area contributed by atoms with Gasteiger partial charge in [-0.25, -0.2) is 13.1 Å². The first kappa shape index (κ1) is 20.4. The first-order valence-corrected chi connectivity index (χ1v) is 10.0. The molecule has 1 aromatic heterocycles. The molecule has 1 heterocycles. The zero-order chi connectivity index (χ0) is 19.0. The number of benzene rings is 1. The Balaban J connectivity index is 1.80. The Bertz CT molecular complexity index is 821. The van der Waals surface area contributed by atoms with Crippen molar-refractivity contribution in [1.29, 1.82) is 0 Å². The second-order valence-corrected chi connectivity index (χ2v) is 7.80. The van der Waals surface area contributed by atoms with Crippen LogP contribution in [0.2, 0.25) is 5.02 Å². The molecule has 0 aliphatic carbocycles. The molecule has 1 amide bonds. The Hall–Kier alpha value is -1.94. The molecule has 8 nitrogen and oxygen atoms in total. The predicted molar refractivity (Wildman–Crippen MR) is 99.7 cm³/mol. The van der Waals surface area contributed by atoms with Crippen molar-refractivity contribution >= 4 is 33.2 Å². The fourth-order valence-corrected chi connectivity index (χ4v) is 3.02. The molecular weight excluding hydrogens is 380 g/mol. The van der Waals surface area contributed by atoms with E-state index in [-0.39, 0.29) is 18.9 Å². The van der Waals surface area contributed by atoms with E-state index in [4.69, 9.17) is 16.3 Å². The highest BCUT2D eigenvalue weighted by atomic mass is 35.5. The number of carbonyl (C=O) groups excluding carboxylic acids is 1. The van der Waals surface area contributed by atoms with E-state index in [1.54, 1.807) is 29.9 Å². The van der Waals surface area contributed by atoms with Gasteiger partial charge < -0.3 is 10.1 Å². The highest BCUT2D eigenvalue weighted by molar-refractivity contribution is 7.89. The number of ether oxygens (including phenoxy) is 1. The van der Waals surface area contributed by atoms with Crippen LogP contribution in [-0.4, -0.2) is 49.6 Å². The van der Waals surface area contributed by atoms with Gasteiger partial charge in [0.1, 0.15) is 0 Å². The van der Waals surface area contributed by atoms with Crippen LogP contribution < -0.4 is 10.0 Å². The van der Waals surface area contributed by atoms with Crippen molar-refractivity contribution in [3.05, 3.63) is 47.2 Å². The number of nitrogens with one attached hydrogen (secondary N) is 2. The molecule has 0 spiro atoms. The van der Waals surface area contributed by atoms with Gasteiger partial charge in [0.15, 0.2) is 0 Å². The van der Waals surface area contributed by atoms with Gasteiger partial charge in [0.25, 0.3) is 0 Å². The minimum Gasteiger partial charge on any atom is -0.381 e. The standard InChI is InChI=1S/C16H21ClN4O4S/c1-2-25-7-8-26(23,24)19-10-16(22)20-15-9-18-21(12-15)11-13-3-5-14(17)6-4-13/h3-6,9,12,19H,2,7-8,10-11H2,1H3,(H,20,22). The summed E-state index contributed by atoms with van der Waals surface area (Å²) in [5.41, 5.74) is 1.50. The van der Waals surface area contributed by atoms with E-state index >= 15 is 0 Å². The number of carbonyl (C=O) groups is 1. The van der Waals surface area contributed by atoms with Crippen LogP contribution in [0.15, 0.2) is 36.7 Å². The highest BCUT2D eigenvalue weighted by Crippen LogP contribution is 2.12. The van der Waals surface area contributed by atoms with Gasteiger partial charge in [-0.3, -0.25) is 9.48 Å². The second-order valence-electron chi connectivity index (χ2n) is 5.44. The van der Waals surface area contributed by atoms with Crippen LogP contribution in [0.4, 0.5) is 5.69 Å². The lowest BCUT2D eigenvalue weighted by Gasteiger charge is -2.06. The SMILES string of the molecule is CCOCCS(=O)(=O)NCC(=O)Nc1cnn(Cc2ccc(Cl)cc2)c1. The van der Waals surface area contributed by atoms with Gasteiger partial charge >= 0.3 is 0 Å². The van der Waals surface area contributed by atoms with Crippen LogP contribution in [0.5, 0.6) is 0 Å². The Labute approximate surface area is 157 Å². The first-order valence-electron chi connectivity index (χ1n) is 8.00. The van der Waals surface area contributed by atoms with Crippen LogP contribution >= 0.6 is 11.6 Å². The van der Waals surface area contributed by atoms with E-state index in [1.807, 2.05) is 12.1 Å². The molecule has 0 fully saturated rings. The number of rotatable bonds is 10. The molecule has 10 heteroatoms. The minimum absolute atomic E-state index is 0.0882. The third-order valence-electron chi connectivity index (χ3n) is 3.33. The van der Waals surface area contributed by atoms with E-state index in [0.29, 0.717) is 23.9 Å². The quantitative estimate of drug-likeness (QED) is 0.588. The van der Waals surface area contributed by atoms with Gasteiger partial charge in [0, 0.05) is 17.8 Å². The number of amides is 1. The van der Waals surface area contributed by atoms with E-state index in [2.05, 4.69) is 15.1 Å². The van der Waals surface area contributed by atoms with E-state index < -0.39 is 15.9 Å². The fourth-order valence-electron chi connectivity index (χ4n) is 2.06. The number of halogens is 1. The molecule has 0 unspecified atom stereocenters. The molecule has 0 saturated heterocycles. The molecule has 0 radical (unpaired) electrons. The van der Waals surface area contributed by atoms with Gasteiger partial charge in [-0.05, 0) is 24.6 Å². The average molecular weight is 401 g/mol. The number of sulfonamides is 1. The van der Waals surface area contributed by atoms with Crippen LogP contribution in [-0.2, 0) is 26.1 Å². The molecule has 2 N–H and O–H groups in total.